The third-order valence-electron chi connectivity index (χ3n) is 8.25. The van der Waals surface area contributed by atoms with Gasteiger partial charge in [0.2, 0.25) is 22.4 Å². The van der Waals surface area contributed by atoms with Crippen molar-refractivity contribution in [3.63, 3.8) is 0 Å². The molecule has 0 spiro atoms. The Morgan fingerprint density at radius 3 is 2.69 bits per heavy atom. The molecular formula is C29H29FN9O5S+. The number of H-pyrrole nitrogens is 1. The second kappa shape index (κ2) is 11.0. The Balaban J connectivity index is 1.15. The van der Waals surface area contributed by atoms with Gasteiger partial charge in [-0.3, -0.25) is 20.0 Å². The molecule has 45 heavy (non-hydrogen) atoms. The van der Waals surface area contributed by atoms with Gasteiger partial charge in [0, 0.05) is 23.9 Å². The highest BCUT2D eigenvalue weighted by molar-refractivity contribution is 7.98. The Kier molecular flexibility index (Phi) is 7.04. The van der Waals surface area contributed by atoms with E-state index in [1.165, 1.54) is 42.1 Å². The summed E-state index contributed by atoms with van der Waals surface area (Å²) in [5, 5.41) is 26.6. The molecule has 1 atom stereocenters. The van der Waals surface area contributed by atoms with Gasteiger partial charge in [-0.2, -0.15) is 0 Å². The lowest BCUT2D eigenvalue weighted by Gasteiger charge is -2.41. The molecule has 0 bridgehead atoms. The number of hydrogen-bond donors (Lipinski definition) is 1. The fourth-order valence-electron chi connectivity index (χ4n) is 5.62. The number of anilines is 1. The maximum atomic E-state index is 15.8. The number of piperazine rings is 1. The Hall–Kier alpha value is -4.83. The Bertz CT molecular complexity index is 2000. The molecule has 16 heteroatoms. The molecule has 5 aromatic rings. The van der Waals surface area contributed by atoms with Crippen molar-refractivity contribution in [2.75, 3.05) is 51.8 Å². The number of rotatable bonds is 7. The Morgan fingerprint density at radius 2 is 1.96 bits per heavy atom. The van der Waals surface area contributed by atoms with E-state index in [2.05, 4.69) is 39.5 Å². The number of quaternary nitrogens is 1. The largest absolute Gasteiger partial charge is 0.487 e. The molecule has 0 aliphatic carbocycles. The number of nitro benzene ring substituents is 1. The number of nitrogens with zero attached hydrogens (tertiary/aromatic N) is 8. The highest BCUT2D eigenvalue weighted by Crippen LogP contribution is 2.42. The summed E-state index contributed by atoms with van der Waals surface area (Å²) >= 11 is 1.22. The topological polar surface area (TPSA) is 158 Å². The van der Waals surface area contributed by atoms with Crippen LogP contribution >= 0.6 is 11.8 Å². The highest BCUT2D eigenvalue weighted by atomic mass is 32.2. The summed E-state index contributed by atoms with van der Waals surface area (Å²) in [5.74, 6) is 0.953. The number of benzene rings is 2. The van der Waals surface area contributed by atoms with Crippen LogP contribution in [0.25, 0.3) is 33.7 Å². The van der Waals surface area contributed by atoms with Crippen molar-refractivity contribution in [1.82, 2.24) is 29.9 Å². The smallest absolute Gasteiger partial charge is 0.269 e. The van der Waals surface area contributed by atoms with E-state index >= 15 is 4.39 Å². The van der Waals surface area contributed by atoms with Gasteiger partial charge in [0.25, 0.3) is 5.69 Å². The number of likely N-dealkylation sites (N-methyl/N-ethyl adjacent to an activating group) is 1. The zero-order chi connectivity index (χ0) is 31.5. The van der Waals surface area contributed by atoms with Gasteiger partial charge in [0.1, 0.15) is 12.3 Å². The Labute approximate surface area is 259 Å². The summed E-state index contributed by atoms with van der Waals surface area (Å²) in [6, 6.07) is 7.02. The molecule has 7 rings (SSSR count). The van der Waals surface area contributed by atoms with Crippen molar-refractivity contribution in [3.8, 4) is 28.6 Å². The molecule has 232 valence electrons. The molecule has 1 fully saturated rings. The Morgan fingerprint density at radius 1 is 1.20 bits per heavy atom. The standard InChI is InChI=1S/C29H29FN9O5S/c1-16-14-43-26-23-19(12-21(30)24(26)36-8-10-39(2,3)11-9-36)25(40)20(13-37(16)23)27-31-29(35-33-27)45-15-22-32-34-28(44-22)17-4-6-18(7-5-17)38(41)42/h4-7,12-13,16H,8-11,14-15H2,1-3H3,(H,31,33,35)/q+1/t16-/m0/s1. The molecule has 0 saturated carbocycles. The zero-order valence-electron chi connectivity index (χ0n) is 24.7. The number of aromatic amines is 1. The van der Waals surface area contributed by atoms with E-state index in [4.69, 9.17) is 9.15 Å². The molecule has 0 radical (unpaired) electrons. The van der Waals surface area contributed by atoms with Gasteiger partial charge in [-0.05, 0) is 25.1 Å². The first-order valence-corrected chi connectivity index (χ1v) is 15.3. The third kappa shape index (κ3) is 5.29. The minimum atomic E-state index is -0.485. The lowest BCUT2D eigenvalue weighted by Crippen LogP contribution is -2.55. The summed E-state index contributed by atoms with van der Waals surface area (Å²) in [5.41, 5.74) is 1.39. The van der Waals surface area contributed by atoms with Crippen molar-refractivity contribution in [2.24, 2.45) is 0 Å². The van der Waals surface area contributed by atoms with Gasteiger partial charge in [-0.1, -0.05) is 11.8 Å². The summed E-state index contributed by atoms with van der Waals surface area (Å²) < 4.78 is 30.4. The number of halogens is 1. The third-order valence-corrected chi connectivity index (χ3v) is 9.08. The average Bonchev–Trinajstić information content (AvgIpc) is 3.69. The molecule has 14 nitrogen and oxygen atoms in total. The number of ether oxygens (including phenoxy) is 1. The van der Waals surface area contributed by atoms with Gasteiger partial charge in [0.15, 0.2) is 17.4 Å². The number of pyridine rings is 1. The fourth-order valence-corrected chi connectivity index (χ4v) is 6.25. The van der Waals surface area contributed by atoms with E-state index in [9.17, 15) is 14.9 Å². The van der Waals surface area contributed by atoms with E-state index in [1.807, 2.05) is 16.4 Å². The summed E-state index contributed by atoms with van der Waals surface area (Å²) in [4.78, 5) is 30.7. The van der Waals surface area contributed by atoms with Gasteiger partial charge < -0.3 is 23.1 Å². The molecule has 0 unspecified atom stereocenters. The molecule has 1 saturated heterocycles. The van der Waals surface area contributed by atoms with Crippen LogP contribution in [0.2, 0.25) is 0 Å². The molecule has 2 aliphatic heterocycles. The maximum Gasteiger partial charge on any atom is 0.269 e. The normalized spacial score (nSPS) is 17.4. The second-order valence-corrected chi connectivity index (χ2v) is 12.7. The van der Waals surface area contributed by atoms with Crippen molar-refractivity contribution < 1.29 is 23.0 Å². The SMILES string of the molecule is C[C@H]1COc2c(N3CC[N+](C)(C)CC3)c(F)cc3c(=O)c(-c4nc(SCc5nnc(-c6ccc([N+](=O)[O-])cc6)o5)n[nH]4)cn1c23. The molecule has 5 heterocycles. The minimum absolute atomic E-state index is 0.0380. The van der Waals surface area contributed by atoms with Crippen LogP contribution in [0, 0.1) is 15.9 Å². The number of nitro groups is 1. The molecule has 3 aromatic heterocycles. The van der Waals surface area contributed by atoms with Gasteiger partial charge >= 0.3 is 0 Å². The van der Waals surface area contributed by atoms with Crippen LogP contribution < -0.4 is 15.1 Å². The first kappa shape index (κ1) is 28.9. The minimum Gasteiger partial charge on any atom is -0.487 e. The van der Waals surface area contributed by atoms with Crippen LogP contribution in [0.5, 0.6) is 5.75 Å². The first-order chi connectivity index (χ1) is 21.6. The fraction of sp³-hybridized carbons (Fsp3) is 0.345. The van der Waals surface area contributed by atoms with Crippen molar-refractivity contribution >= 4 is 34.0 Å². The van der Waals surface area contributed by atoms with Gasteiger partial charge in [-0.15, -0.1) is 15.3 Å². The predicted molar refractivity (Wildman–Crippen MR) is 164 cm³/mol. The van der Waals surface area contributed by atoms with Gasteiger partial charge in [0.05, 0.1) is 73.5 Å². The number of nitrogens with one attached hydrogen (secondary N) is 1. The quantitative estimate of drug-likeness (QED) is 0.119. The van der Waals surface area contributed by atoms with E-state index < -0.39 is 10.7 Å². The van der Waals surface area contributed by atoms with Crippen LogP contribution in [0.1, 0.15) is 18.9 Å². The van der Waals surface area contributed by atoms with Crippen LogP contribution in [-0.2, 0) is 5.75 Å². The van der Waals surface area contributed by atoms with E-state index in [-0.39, 0.29) is 45.6 Å². The van der Waals surface area contributed by atoms with Crippen molar-refractivity contribution in [2.45, 2.75) is 23.9 Å². The molecule has 2 aliphatic rings. The van der Waals surface area contributed by atoms with Crippen LogP contribution in [0.15, 0.2) is 50.9 Å². The number of hydrogen-bond acceptors (Lipinski definition) is 11. The van der Waals surface area contributed by atoms with Crippen LogP contribution in [0.4, 0.5) is 15.8 Å². The van der Waals surface area contributed by atoms with Gasteiger partial charge in [-0.25, -0.2) is 9.37 Å². The van der Waals surface area contributed by atoms with Crippen LogP contribution in [-0.4, -0.2) is 86.2 Å². The predicted octanol–water partition coefficient (Wildman–Crippen LogP) is 4.03. The number of aromatic nitrogens is 6. The summed E-state index contributed by atoms with van der Waals surface area (Å²) in [6.45, 7) is 5.43. The lowest BCUT2D eigenvalue weighted by atomic mass is 10.0. The maximum absolute atomic E-state index is 15.8. The molecule has 0 amide bonds. The van der Waals surface area contributed by atoms with E-state index in [0.717, 1.165) is 17.6 Å². The molecule has 1 N–H and O–H groups in total. The lowest BCUT2D eigenvalue weighted by molar-refractivity contribution is -0.890. The number of thioether (sulfide) groups is 1. The first-order valence-electron chi connectivity index (χ1n) is 14.3. The molecular weight excluding hydrogens is 605 g/mol. The summed E-state index contributed by atoms with van der Waals surface area (Å²) in [6.07, 6.45) is 1.74. The van der Waals surface area contributed by atoms with Crippen molar-refractivity contribution in [3.05, 3.63) is 68.6 Å². The average molecular weight is 635 g/mol. The second-order valence-electron chi connectivity index (χ2n) is 11.8. The zero-order valence-corrected chi connectivity index (χ0v) is 25.5. The van der Waals surface area contributed by atoms with E-state index in [1.54, 1.807) is 6.20 Å². The monoisotopic (exact) mass is 634 g/mol. The number of non-ortho nitro benzene ring substituents is 1. The van der Waals surface area contributed by atoms with Crippen molar-refractivity contribution in [1.29, 1.82) is 0 Å². The summed E-state index contributed by atoms with van der Waals surface area (Å²) in [7, 11) is 4.32. The molecule has 2 aromatic carbocycles. The van der Waals surface area contributed by atoms with E-state index in [0.29, 0.717) is 53.3 Å². The highest BCUT2D eigenvalue weighted by Gasteiger charge is 2.33. The van der Waals surface area contributed by atoms with Crippen LogP contribution in [0.3, 0.4) is 0 Å².